The summed E-state index contributed by atoms with van der Waals surface area (Å²) >= 11 is 0. The van der Waals surface area contributed by atoms with Crippen LogP contribution in [0.2, 0.25) is 0 Å². The zero-order valence-corrected chi connectivity index (χ0v) is 15.5. The smallest absolute Gasteiger partial charge is 0.411 e. The van der Waals surface area contributed by atoms with Crippen molar-refractivity contribution in [1.82, 2.24) is 9.80 Å². The van der Waals surface area contributed by atoms with Gasteiger partial charge in [0.15, 0.2) is 5.76 Å². The van der Waals surface area contributed by atoms with Crippen LogP contribution in [0.4, 0.5) is 13.2 Å². The second-order valence-electron chi connectivity index (χ2n) is 6.68. The van der Waals surface area contributed by atoms with Gasteiger partial charge in [-0.2, -0.15) is 13.2 Å². The molecule has 0 aliphatic carbocycles. The average Bonchev–Trinajstić information content (AvgIpc) is 3.17. The number of hydrogen-bond donors (Lipinski definition) is 0. The molecule has 2 aromatic rings. The Labute approximate surface area is 161 Å². The summed E-state index contributed by atoms with van der Waals surface area (Å²) in [6.45, 7) is 1.97. The van der Waals surface area contributed by atoms with Crippen LogP contribution < -0.4 is 0 Å². The lowest BCUT2D eigenvalue weighted by Gasteiger charge is -2.34. The number of ether oxygens (including phenoxy) is 1. The minimum atomic E-state index is -4.28. The third-order valence-electron chi connectivity index (χ3n) is 4.63. The minimum absolute atomic E-state index is 0.0749. The molecular weight excluding hydrogens is 373 g/mol. The molecule has 0 unspecified atom stereocenters. The van der Waals surface area contributed by atoms with Gasteiger partial charge in [-0.25, -0.2) is 0 Å². The highest BCUT2D eigenvalue weighted by Gasteiger charge is 2.28. The predicted octanol–water partition coefficient (Wildman–Crippen LogP) is 3.67. The lowest BCUT2D eigenvalue weighted by molar-refractivity contribution is -0.174. The van der Waals surface area contributed by atoms with Crippen LogP contribution in [-0.2, 0) is 4.74 Å². The average molecular weight is 396 g/mol. The number of halogens is 3. The zero-order valence-electron chi connectivity index (χ0n) is 15.5. The number of hydrogen-bond acceptors (Lipinski definition) is 4. The fourth-order valence-corrected chi connectivity index (χ4v) is 3.22. The number of carbonyl (C=O) groups excluding carboxylic acids is 1. The Morgan fingerprint density at radius 2 is 1.79 bits per heavy atom. The number of furan rings is 1. The molecule has 2 heterocycles. The van der Waals surface area contributed by atoms with E-state index in [1.54, 1.807) is 11.0 Å². The Bertz CT molecular complexity index is 754. The van der Waals surface area contributed by atoms with Crippen LogP contribution in [0.25, 0.3) is 11.1 Å². The van der Waals surface area contributed by atoms with Gasteiger partial charge in [0.2, 0.25) is 0 Å². The highest BCUT2D eigenvalue weighted by Crippen LogP contribution is 2.26. The van der Waals surface area contributed by atoms with Crippen molar-refractivity contribution in [3.8, 4) is 11.1 Å². The van der Waals surface area contributed by atoms with Gasteiger partial charge in [-0.3, -0.25) is 9.69 Å². The molecule has 3 rings (SSSR count). The van der Waals surface area contributed by atoms with E-state index < -0.39 is 12.8 Å². The van der Waals surface area contributed by atoms with E-state index in [1.165, 1.54) is 6.26 Å². The van der Waals surface area contributed by atoms with E-state index in [9.17, 15) is 18.0 Å². The molecule has 1 aliphatic rings. The number of amides is 1. The highest BCUT2D eigenvalue weighted by atomic mass is 19.4. The molecule has 0 saturated carbocycles. The summed E-state index contributed by atoms with van der Waals surface area (Å²) in [4.78, 5) is 16.7. The van der Waals surface area contributed by atoms with Gasteiger partial charge >= 0.3 is 6.18 Å². The Kier molecular flexibility index (Phi) is 6.74. The maximum Gasteiger partial charge on any atom is 0.411 e. The Morgan fingerprint density at radius 3 is 2.46 bits per heavy atom. The van der Waals surface area contributed by atoms with E-state index in [2.05, 4.69) is 9.64 Å². The van der Waals surface area contributed by atoms with Gasteiger partial charge in [-0.05, 0) is 18.1 Å². The molecule has 152 valence electrons. The summed E-state index contributed by atoms with van der Waals surface area (Å²) in [5, 5.41) is 0. The Balaban J connectivity index is 1.46. The second kappa shape index (κ2) is 9.25. The van der Waals surface area contributed by atoms with Crippen molar-refractivity contribution in [3.63, 3.8) is 0 Å². The van der Waals surface area contributed by atoms with Gasteiger partial charge in [-0.15, -0.1) is 0 Å². The molecule has 0 bridgehead atoms. The van der Waals surface area contributed by atoms with Gasteiger partial charge in [0.05, 0.1) is 6.26 Å². The van der Waals surface area contributed by atoms with Gasteiger partial charge in [-0.1, -0.05) is 30.3 Å². The molecule has 1 aliphatic heterocycles. The van der Waals surface area contributed by atoms with Gasteiger partial charge in [0.1, 0.15) is 6.61 Å². The highest BCUT2D eigenvalue weighted by molar-refractivity contribution is 5.98. The first-order valence-corrected chi connectivity index (χ1v) is 9.23. The van der Waals surface area contributed by atoms with Crippen LogP contribution in [-0.4, -0.2) is 67.8 Å². The van der Waals surface area contributed by atoms with Crippen molar-refractivity contribution in [2.24, 2.45) is 0 Å². The van der Waals surface area contributed by atoms with E-state index in [0.717, 1.165) is 11.1 Å². The minimum Gasteiger partial charge on any atom is -0.459 e. The largest absolute Gasteiger partial charge is 0.459 e. The summed E-state index contributed by atoms with van der Waals surface area (Å²) in [6, 6.07) is 11.4. The number of nitrogens with zero attached hydrogens (tertiary/aromatic N) is 2. The summed E-state index contributed by atoms with van der Waals surface area (Å²) in [5.41, 5.74) is 1.70. The summed E-state index contributed by atoms with van der Waals surface area (Å²) in [6.07, 6.45) is -2.23. The summed E-state index contributed by atoms with van der Waals surface area (Å²) < 4.78 is 46.2. The molecule has 5 nitrogen and oxygen atoms in total. The van der Waals surface area contributed by atoms with E-state index in [4.69, 9.17) is 4.42 Å². The van der Waals surface area contributed by atoms with Crippen LogP contribution in [0.3, 0.4) is 0 Å². The number of benzene rings is 1. The quantitative estimate of drug-likeness (QED) is 0.670. The van der Waals surface area contributed by atoms with Crippen LogP contribution in [0.5, 0.6) is 0 Å². The van der Waals surface area contributed by atoms with Crippen molar-refractivity contribution >= 4 is 5.91 Å². The van der Waals surface area contributed by atoms with Crippen molar-refractivity contribution < 1.29 is 27.1 Å². The number of carbonyl (C=O) groups is 1. The van der Waals surface area contributed by atoms with E-state index in [0.29, 0.717) is 44.9 Å². The molecule has 8 heteroatoms. The third kappa shape index (κ3) is 5.59. The van der Waals surface area contributed by atoms with E-state index in [-0.39, 0.29) is 12.5 Å². The summed E-state index contributed by atoms with van der Waals surface area (Å²) in [7, 11) is 0. The lowest BCUT2D eigenvalue weighted by atomic mass is 10.1. The standard InChI is InChI=1S/C20H23F3N2O3/c21-20(22,23)15-27-13-4-8-24-9-11-25(12-10-24)19(26)18-17(7-14-28-18)16-5-2-1-3-6-16/h1-3,5-7,14H,4,8-13,15H2. The van der Waals surface area contributed by atoms with Crippen LogP contribution in [0, 0.1) is 0 Å². The molecule has 1 amide bonds. The van der Waals surface area contributed by atoms with Crippen LogP contribution >= 0.6 is 0 Å². The lowest BCUT2D eigenvalue weighted by Crippen LogP contribution is -2.49. The number of rotatable bonds is 7. The molecule has 0 N–H and O–H groups in total. The first kappa shape index (κ1) is 20.4. The van der Waals surface area contributed by atoms with Gasteiger partial charge in [0.25, 0.3) is 5.91 Å². The maximum atomic E-state index is 12.8. The van der Waals surface area contributed by atoms with E-state index in [1.807, 2.05) is 30.3 Å². The van der Waals surface area contributed by atoms with Gasteiger partial charge in [0, 0.05) is 44.9 Å². The fraction of sp³-hybridized carbons (Fsp3) is 0.450. The second-order valence-corrected chi connectivity index (χ2v) is 6.68. The summed E-state index contributed by atoms with van der Waals surface area (Å²) in [5.74, 6) is 0.192. The molecular formula is C20H23F3N2O3. The van der Waals surface area contributed by atoms with Crippen molar-refractivity contribution in [1.29, 1.82) is 0 Å². The molecule has 1 saturated heterocycles. The van der Waals surface area contributed by atoms with Crippen molar-refractivity contribution in [2.75, 3.05) is 45.9 Å². The third-order valence-corrected chi connectivity index (χ3v) is 4.63. The van der Waals surface area contributed by atoms with Crippen molar-refractivity contribution in [3.05, 3.63) is 48.4 Å². The molecule has 1 aromatic heterocycles. The molecule has 0 spiro atoms. The Morgan fingerprint density at radius 1 is 1.07 bits per heavy atom. The first-order chi connectivity index (χ1) is 13.4. The van der Waals surface area contributed by atoms with E-state index >= 15 is 0 Å². The maximum absolute atomic E-state index is 12.8. The SMILES string of the molecule is O=C(c1occc1-c1ccccc1)N1CCN(CCCOCC(F)(F)F)CC1. The van der Waals surface area contributed by atoms with Crippen LogP contribution in [0.15, 0.2) is 47.1 Å². The fourth-order valence-electron chi connectivity index (χ4n) is 3.22. The first-order valence-electron chi connectivity index (χ1n) is 9.23. The molecule has 28 heavy (non-hydrogen) atoms. The zero-order chi connectivity index (χ0) is 20.0. The van der Waals surface area contributed by atoms with Crippen LogP contribution in [0.1, 0.15) is 17.0 Å². The molecule has 1 fully saturated rings. The normalized spacial score (nSPS) is 15.8. The topological polar surface area (TPSA) is 45.9 Å². The number of alkyl halides is 3. The molecule has 0 atom stereocenters. The van der Waals surface area contributed by atoms with Crippen molar-refractivity contribution in [2.45, 2.75) is 12.6 Å². The predicted molar refractivity (Wildman–Crippen MR) is 98.0 cm³/mol. The molecule has 0 radical (unpaired) electrons. The monoisotopic (exact) mass is 396 g/mol. The van der Waals surface area contributed by atoms with Gasteiger partial charge < -0.3 is 14.1 Å². The molecule has 1 aromatic carbocycles. The number of piperazine rings is 1. The Hall–Kier alpha value is -2.32.